The van der Waals surface area contributed by atoms with E-state index in [0.717, 1.165) is 29.9 Å². The molecule has 0 saturated carbocycles. The van der Waals surface area contributed by atoms with E-state index in [0.29, 0.717) is 5.92 Å². The molecule has 2 aromatic rings. The van der Waals surface area contributed by atoms with Crippen LogP contribution >= 0.6 is 11.8 Å². The maximum absolute atomic E-state index is 10.1. The molecule has 25 heavy (non-hydrogen) atoms. The van der Waals surface area contributed by atoms with Crippen molar-refractivity contribution < 1.29 is 19.4 Å². The van der Waals surface area contributed by atoms with Crippen LogP contribution in [0, 0.1) is 6.92 Å². The van der Waals surface area contributed by atoms with Crippen LogP contribution in [-0.4, -0.2) is 51.3 Å². The van der Waals surface area contributed by atoms with E-state index in [9.17, 15) is 9.59 Å². The molecule has 2 saturated heterocycles. The molecular formula is C16H16FmN3O4S-. The van der Waals surface area contributed by atoms with Gasteiger partial charge in [-0.1, -0.05) is 12.1 Å². The number of hydrogen-bond donors (Lipinski definition) is 2. The second kappa shape index (κ2) is 7.59. The molecule has 3 heterocycles. The van der Waals surface area contributed by atoms with Gasteiger partial charge < -0.3 is 20.0 Å². The minimum Gasteiger partial charge on any atom is -0.520 e. The van der Waals surface area contributed by atoms with Crippen LogP contribution in [0.1, 0.15) is 17.3 Å². The number of carbonyl (C=O) groups excluding carboxylic acids is 1. The summed E-state index contributed by atoms with van der Waals surface area (Å²) in [4.78, 5) is 28.6. The van der Waals surface area contributed by atoms with Crippen molar-refractivity contribution in [3.63, 3.8) is 0 Å². The Morgan fingerprint density at radius 3 is 2.76 bits per heavy atom. The number of aromatic nitrogens is 2. The molecule has 2 atom stereocenters. The van der Waals surface area contributed by atoms with Gasteiger partial charge in [0.1, 0.15) is 11.1 Å². The third-order valence-corrected chi connectivity index (χ3v) is 4.83. The first-order valence-corrected chi connectivity index (χ1v) is 8.35. The summed E-state index contributed by atoms with van der Waals surface area (Å²) in [6.07, 6.45) is 3.33. The van der Waals surface area contributed by atoms with Crippen molar-refractivity contribution in [2.45, 2.75) is 23.5 Å². The fraction of sp³-hybridized carbons (Fsp3) is 0.375. The molecule has 4 rings (SSSR count). The SMILES string of the molecule is Cc1ccc2cnc(C3COC3)nc2c1.O=[C-]NC1SC1C(=O)O.[Fm]. The molecule has 0 radical (unpaired) electrons. The fourth-order valence-electron chi connectivity index (χ4n) is 2.20. The quantitative estimate of drug-likeness (QED) is 0.308. The van der Waals surface area contributed by atoms with Crippen molar-refractivity contribution in [1.29, 1.82) is 0 Å². The van der Waals surface area contributed by atoms with E-state index in [1.54, 1.807) is 0 Å². The summed E-state index contributed by atoms with van der Waals surface area (Å²) >= 11 is 1.20. The van der Waals surface area contributed by atoms with Gasteiger partial charge in [0.05, 0.1) is 30.0 Å². The minimum atomic E-state index is -0.882. The van der Waals surface area contributed by atoms with Crippen LogP contribution in [-0.2, 0) is 14.3 Å². The van der Waals surface area contributed by atoms with E-state index in [2.05, 4.69) is 40.4 Å². The van der Waals surface area contributed by atoms with E-state index in [1.807, 2.05) is 6.20 Å². The first kappa shape index (κ1) is 18.2. The summed E-state index contributed by atoms with van der Waals surface area (Å²) in [6, 6.07) is 6.24. The van der Waals surface area contributed by atoms with Crippen molar-refractivity contribution in [3.05, 3.63) is 35.8 Å². The van der Waals surface area contributed by atoms with Gasteiger partial charge in [-0.05, 0) is 18.6 Å². The van der Waals surface area contributed by atoms with Crippen LogP contribution in [0.15, 0.2) is 24.4 Å². The number of carbonyl (C=O) groups is 1. The molecule has 1 aromatic carbocycles. The Kier molecular flexibility index (Phi) is 5.51. The molecule has 7 nitrogen and oxygen atoms in total. The van der Waals surface area contributed by atoms with Crippen molar-refractivity contribution in [3.8, 4) is 0 Å². The zero-order chi connectivity index (χ0) is 17.1. The summed E-state index contributed by atoms with van der Waals surface area (Å²) in [5.41, 5.74) is 2.27. The molecular weight excluding hydrogens is 587 g/mol. The number of rotatable bonds is 4. The molecule has 138 valence electrons. The van der Waals surface area contributed by atoms with Crippen LogP contribution < -0.4 is 5.32 Å². The molecule has 0 spiro atoms. The Morgan fingerprint density at radius 1 is 1.44 bits per heavy atom. The van der Waals surface area contributed by atoms with Gasteiger partial charge in [-0.25, -0.2) is 9.97 Å². The van der Waals surface area contributed by atoms with Gasteiger partial charge in [0.25, 0.3) is 0 Å². The van der Waals surface area contributed by atoms with Gasteiger partial charge in [0, 0.05) is 11.6 Å². The fourth-order valence-corrected chi connectivity index (χ4v) is 2.84. The zero-order valence-corrected chi connectivity index (χ0v) is 16.4. The number of aryl methyl sites for hydroxylation is 1. The summed E-state index contributed by atoms with van der Waals surface area (Å²) in [5, 5.41) is 10.9. The molecule has 2 fully saturated rings. The number of aliphatic carboxylic acids is 1. The Labute approximate surface area is 142 Å². The Hall–Kier alpha value is -3.19. The standard InChI is InChI=1S/C12H12N2O.C4H4NO3S.Fm/c1-8-2-3-9-5-13-12(10-6-15-7-10)14-11(9)4-8;6-1-5-3-2(9-3)4(7)8;/h2-5,10H,6-7H2,1H3;2-3H,(H,5,6)(H,7,8);/q;-1;. The van der Waals surface area contributed by atoms with Crippen LogP contribution in [0.25, 0.3) is 10.9 Å². The van der Waals surface area contributed by atoms with Gasteiger partial charge in [-0.15, -0.1) is 11.8 Å². The van der Waals surface area contributed by atoms with Crippen molar-refractivity contribution in [1.82, 2.24) is 15.3 Å². The normalized spacial score (nSPS) is 21.2. The average Bonchev–Trinajstić information content (AvgIpc) is 3.26. The van der Waals surface area contributed by atoms with Crippen LogP contribution in [0.3, 0.4) is 0 Å². The molecule has 2 aliphatic heterocycles. The second-order valence-electron chi connectivity index (χ2n) is 5.59. The van der Waals surface area contributed by atoms with Gasteiger partial charge in [-0.2, -0.15) is 6.41 Å². The van der Waals surface area contributed by atoms with Crippen molar-refractivity contribution in [2.75, 3.05) is 13.2 Å². The van der Waals surface area contributed by atoms with E-state index in [1.165, 1.54) is 23.7 Å². The molecule has 9 heteroatoms. The van der Waals surface area contributed by atoms with Crippen LogP contribution in [0.2, 0.25) is 0 Å². The van der Waals surface area contributed by atoms with E-state index >= 15 is 0 Å². The number of hydrogen-bond acceptors (Lipinski definition) is 6. The molecule has 2 N–H and O–H groups in total. The molecule has 1 amide bonds. The summed E-state index contributed by atoms with van der Waals surface area (Å²) in [7, 11) is 0. The summed E-state index contributed by atoms with van der Waals surface area (Å²) < 4.78 is 5.15. The number of amides is 1. The number of carboxylic acid groups (broad SMARTS) is 1. The summed E-state index contributed by atoms with van der Waals surface area (Å²) in [5.74, 6) is 0.432. The second-order valence-corrected chi connectivity index (χ2v) is 6.87. The number of thioether (sulfide) groups is 1. The minimum absolute atomic E-state index is 0. The number of nitrogens with zero attached hydrogens (tertiary/aromatic N) is 2. The number of carboxylic acids is 1. The van der Waals surface area contributed by atoms with Crippen LogP contribution in [0.5, 0.6) is 0 Å². The first-order valence-electron chi connectivity index (χ1n) is 7.40. The molecule has 1 aromatic heterocycles. The number of fused-ring (bicyclic) bond motifs is 1. The summed E-state index contributed by atoms with van der Waals surface area (Å²) in [6.45, 7) is 3.60. The van der Waals surface area contributed by atoms with Gasteiger partial charge in [0.15, 0.2) is 0 Å². The topological polar surface area (TPSA) is 101 Å². The maximum atomic E-state index is 10.1. The Morgan fingerprint density at radius 2 is 2.20 bits per heavy atom. The number of ether oxygens (including phenoxy) is 1. The smallest absolute Gasteiger partial charge is 0.319 e. The molecule has 2 unspecified atom stereocenters. The first-order chi connectivity index (χ1) is 11.6. The zero-order valence-electron chi connectivity index (χ0n) is 13.2. The van der Waals surface area contributed by atoms with Crippen molar-refractivity contribution >= 4 is 35.0 Å². The van der Waals surface area contributed by atoms with E-state index in [-0.39, 0.29) is 5.37 Å². The number of nitrogens with one attached hydrogen (secondary N) is 1. The van der Waals surface area contributed by atoms with Gasteiger partial charge >= 0.3 is 5.97 Å². The van der Waals surface area contributed by atoms with Crippen molar-refractivity contribution in [2.24, 2.45) is 0 Å². The molecule has 0 aliphatic carbocycles. The largest absolute Gasteiger partial charge is 0.520 e. The van der Waals surface area contributed by atoms with E-state index < -0.39 is 11.2 Å². The van der Waals surface area contributed by atoms with Gasteiger partial charge in [0.2, 0.25) is 0 Å². The Bertz CT molecular complexity index is 772. The number of benzene rings is 1. The molecule has 2 aliphatic rings. The predicted molar refractivity (Wildman–Crippen MR) is 89.5 cm³/mol. The monoisotopic (exact) mass is 603 g/mol. The average molecular weight is 603 g/mol. The van der Waals surface area contributed by atoms with Crippen LogP contribution in [0.4, 0.5) is 0 Å². The predicted octanol–water partition coefficient (Wildman–Crippen LogP) is 1.22. The third kappa shape index (κ3) is 4.21. The Balaban J connectivity index is 0.000000196. The molecule has 0 bridgehead atoms. The third-order valence-electron chi connectivity index (χ3n) is 3.70. The maximum Gasteiger partial charge on any atom is 0.319 e. The van der Waals surface area contributed by atoms with Gasteiger partial charge in [-0.3, -0.25) is 4.79 Å². The van der Waals surface area contributed by atoms with E-state index in [4.69, 9.17) is 9.84 Å².